The molecule has 0 spiro atoms. The molecule has 0 aromatic heterocycles. The molecule has 0 aliphatic rings. The summed E-state index contributed by atoms with van der Waals surface area (Å²) in [6.07, 6.45) is 0.333. The van der Waals surface area contributed by atoms with Crippen molar-refractivity contribution in [2.75, 3.05) is 13.1 Å². The van der Waals surface area contributed by atoms with Gasteiger partial charge in [-0.25, -0.2) is 0 Å². The van der Waals surface area contributed by atoms with Crippen LogP contribution in [-0.2, 0) is 11.2 Å². The molecule has 1 atom stereocenters. The lowest BCUT2D eigenvalue weighted by atomic mass is 10.0. The molecule has 0 saturated heterocycles. The van der Waals surface area contributed by atoms with Gasteiger partial charge in [0.1, 0.15) is 17.5 Å². The Balaban J connectivity index is 2.30. The number of carbonyl (C=O) groups is 1. The van der Waals surface area contributed by atoms with Crippen molar-refractivity contribution in [1.82, 2.24) is 4.90 Å². The van der Waals surface area contributed by atoms with Crippen LogP contribution in [0.4, 0.5) is 0 Å². The quantitative estimate of drug-likeness (QED) is 0.765. The number of halogens is 1. The highest BCUT2D eigenvalue weighted by molar-refractivity contribution is 6.30. The van der Waals surface area contributed by atoms with E-state index in [-0.39, 0.29) is 0 Å². The van der Waals surface area contributed by atoms with E-state index in [4.69, 9.17) is 16.3 Å². The van der Waals surface area contributed by atoms with Crippen molar-refractivity contribution < 1.29 is 14.6 Å². The molecular weight excluding hydrogens is 326 g/mol. The zero-order valence-corrected chi connectivity index (χ0v) is 14.7. The summed E-state index contributed by atoms with van der Waals surface area (Å²) in [6.45, 7) is 5.25. The number of hydrogen-bond acceptors (Lipinski definition) is 3. The Kier molecular flexibility index (Phi) is 6.64. The lowest BCUT2D eigenvalue weighted by Crippen LogP contribution is -2.42. The number of rotatable bonds is 8. The Morgan fingerprint density at radius 2 is 1.83 bits per heavy atom. The highest BCUT2D eigenvalue weighted by atomic mass is 35.5. The molecule has 1 N–H and O–H groups in total. The van der Waals surface area contributed by atoms with Crippen LogP contribution < -0.4 is 4.74 Å². The molecule has 0 saturated carbocycles. The summed E-state index contributed by atoms with van der Waals surface area (Å²) in [5, 5.41) is 10.2. The topological polar surface area (TPSA) is 49.8 Å². The fourth-order valence-corrected chi connectivity index (χ4v) is 2.86. The minimum Gasteiger partial charge on any atom is -0.480 e. The minimum absolute atomic E-state index is 0.333. The van der Waals surface area contributed by atoms with Gasteiger partial charge in [-0.05, 0) is 49.0 Å². The number of nitrogens with zero attached hydrogens (tertiary/aromatic N) is 1. The number of likely N-dealkylation sites (N-methyl/N-ethyl adjacent to an activating group) is 1. The van der Waals surface area contributed by atoms with E-state index < -0.39 is 12.0 Å². The standard InChI is InChI=1S/C19H22ClNO3/c1-3-21(4-2)17(19(22)23)13-14-12-15(20)10-11-18(14)24-16-8-6-5-7-9-16/h5-12,17H,3-4,13H2,1-2H3,(H,22,23)/t17-/m0/s1. The number of ether oxygens (including phenoxy) is 1. The van der Waals surface area contributed by atoms with Crippen LogP contribution in [0.3, 0.4) is 0 Å². The molecule has 0 fully saturated rings. The van der Waals surface area contributed by atoms with Gasteiger partial charge in [0.2, 0.25) is 0 Å². The summed E-state index contributed by atoms with van der Waals surface area (Å²) < 4.78 is 5.92. The summed E-state index contributed by atoms with van der Waals surface area (Å²) in [6, 6.07) is 14.1. The van der Waals surface area contributed by atoms with Crippen molar-refractivity contribution in [3.8, 4) is 11.5 Å². The zero-order chi connectivity index (χ0) is 17.5. The van der Waals surface area contributed by atoms with Crippen LogP contribution in [0.1, 0.15) is 19.4 Å². The van der Waals surface area contributed by atoms with E-state index in [1.165, 1.54) is 0 Å². The molecule has 2 rings (SSSR count). The van der Waals surface area contributed by atoms with Gasteiger partial charge in [0.05, 0.1) is 0 Å². The normalized spacial score (nSPS) is 12.2. The van der Waals surface area contributed by atoms with E-state index >= 15 is 0 Å². The van der Waals surface area contributed by atoms with Crippen LogP contribution in [-0.4, -0.2) is 35.1 Å². The van der Waals surface area contributed by atoms with Crippen molar-refractivity contribution in [2.24, 2.45) is 0 Å². The van der Waals surface area contributed by atoms with Crippen molar-refractivity contribution in [3.05, 3.63) is 59.1 Å². The van der Waals surface area contributed by atoms with Gasteiger partial charge < -0.3 is 9.84 Å². The molecule has 2 aromatic rings. The van der Waals surface area contributed by atoms with Crippen molar-refractivity contribution in [2.45, 2.75) is 26.3 Å². The highest BCUT2D eigenvalue weighted by Crippen LogP contribution is 2.29. The van der Waals surface area contributed by atoms with Gasteiger partial charge in [-0.15, -0.1) is 0 Å². The molecule has 24 heavy (non-hydrogen) atoms. The van der Waals surface area contributed by atoms with E-state index in [0.717, 1.165) is 5.56 Å². The van der Waals surface area contributed by atoms with Gasteiger partial charge in [-0.3, -0.25) is 9.69 Å². The molecule has 5 heteroatoms. The average molecular weight is 348 g/mol. The third-order valence-corrected chi connectivity index (χ3v) is 4.18. The highest BCUT2D eigenvalue weighted by Gasteiger charge is 2.25. The molecule has 0 radical (unpaired) electrons. The maximum absolute atomic E-state index is 11.7. The van der Waals surface area contributed by atoms with E-state index in [1.54, 1.807) is 18.2 Å². The monoisotopic (exact) mass is 347 g/mol. The lowest BCUT2D eigenvalue weighted by Gasteiger charge is -2.26. The fraction of sp³-hybridized carbons (Fsp3) is 0.316. The van der Waals surface area contributed by atoms with E-state index in [9.17, 15) is 9.90 Å². The van der Waals surface area contributed by atoms with Crippen LogP contribution in [0.2, 0.25) is 5.02 Å². The molecule has 0 bridgehead atoms. The first-order valence-electron chi connectivity index (χ1n) is 8.03. The first-order chi connectivity index (χ1) is 11.5. The number of para-hydroxylation sites is 1. The predicted molar refractivity (Wildman–Crippen MR) is 96.0 cm³/mol. The Labute approximate surface area is 147 Å². The lowest BCUT2D eigenvalue weighted by molar-refractivity contribution is -0.143. The second kappa shape index (κ2) is 8.71. The van der Waals surface area contributed by atoms with Crippen molar-refractivity contribution >= 4 is 17.6 Å². The minimum atomic E-state index is -0.843. The van der Waals surface area contributed by atoms with Crippen LogP contribution in [0.15, 0.2) is 48.5 Å². The van der Waals surface area contributed by atoms with E-state index in [0.29, 0.717) is 36.0 Å². The number of carboxylic acids is 1. The van der Waals surface area contributed by atoms with Gasteiger partial charge >= 0.3 is 5.97 Å². The molecule has 4 nitrogen and oxygen atoms in total. The number of benzene rings is 2. The van der Waals surface area contributed by atoms with E-state index in [2.05, 4.69) is 0 Å². The van der Waals surface area contributed by atoms with Gasteiger partial charge in [-0.2, -0.15) is 0 Å². The molecule has 0 amide bonds. The SMILES string of the molecule is CCN(CC)[C@@H](Cc1cc(Cl)ccc1Oc1ccccc1)C(=O)O. The molecule has 0 aliphatic carbocycles. The summed E-state index contributed by atoms with van der Waals surface area (Å²) >= 11 is 6.11. The van der Waals surface area contributed by atoms with Crippen molar-refractivity contribution in [3.63, 3.8) is 0 Å². The van der Waals surface area contributed by atoms with Gasteiger partial charge in [0, 0.05) is 11.4 Å². The van der Waals surface area contributed by atoms with Crippen LogP contribution >= 0.6 is 11.6 Å². The second-order valence-electron chi connectivity index (χ2n) is 5.45. The summed E-state index contributed by atoms with van der Waals surface area (Å²) in [5.41, 5.74) is 0.783. The largest absolute Gasteiger partial charge is 0.480 e. The first-order valence-corrected chi connectivity index (χ1v) is 8.41. The van der Waals surface area contributed by atoms with Crippen LogP contribution in [0.5, 0.6) is 11.5 Å². The molecule has 0 heterocycles. The third-order valence-electron chi connectivity index (χ3n) is 3.95. The molecule has 0 unspecified atom stereocenters. The number of aliphatic carboxylic acids is 1. The fourth-order valence-electron chi connectivity index (χ4n) is 2.67. The zero-order valence-electron chi connectivity index (χ0n) is 13.9. The smallest absolute Gasteiger partial charge is 0.321 e. The molecule has 2 aromatic carbocycles. The Morgan fingerprint density at radius 1 is 1.17 bits per heavy atom. The average Bonchev–Trinajstić information content (AvgIpc) is 2.58. The second-order valence-corrected chi connectivity index (χ2v) is 5.88. The molecular formula is C19H22ClNO3. The third kappa shape index (κ3) is 4.73. The van der Waals surface area contributed by atoms with E-state index in [1.807, 2.05) is 49.1 Å². The van der Waals surface area contributed by atoms with Crippen LogP contribution in [0, 0.1) is 0 Å². The van der Waals surface area contributed by atoms with Crippen molar-refractivity contribution in [1.29, 1.82) is 0 Å². The first kappa shape index (κ1) is 18.3. The van der Waals surface area contributed by atoms with Gasteiger partial charge in [-0.1, -0.05) is 43.6 Å². The van der Waals surface area contributed by atoms with Gasteiger partial charge in [0.15, 0.2) is 0 Å². The number of hydrogen-bond donors (Lipinski definition) is 1. The Bertz CT molecular complexity index is 672. The maximum atomic E-state index is 11.7. The molecule has 0 aliphatic heterocycles. The molecule has 128 valence electrons. The van der Waals surface area contributed by atoms with Gasteiger partial charge in [0.25, 0.3) is 0 Å². The summed E-state index contributed by atoms with van der Waals surface area (Å²) in [4.78, 5) is 13.6. The Hall–Kier alpha value is -2.04. The maximum Gasteiger partial charge on any atom is 0.321 e. The summed E-state index contributed by atoms with van der Waals surface area (Å²) in [5.74, 6) is 0.490. The Morgan fingerprint density at radius 3 is 2.42 bits per heavy atom. The predicted octanol–water partition coefficient (Wildman–Crippen LogP) is 4.47. The van der Waals surface area contributed by atoms with Crippen LogP contribution in [0.25, 0.3) is 0 Å². The summed E-state index contributed by atoms with van der Waals surface area (Å²) in [7, 11) is 0. The number of carboxylic acid groups (broad SMARTS) is 1.